The monoisotopic (exact) mass is 518 g/mol. The number of aromatic nitrogens is 4. The summed E-state index contributed by atoms with van der Waals surface area (Å²) in [6.45, 7) is 17.8. The molecule has 0 radical (unpaired) electrons. The summed E-state index contributed by atoms with van der Waals surface area (Å²) >= 11 is 0. The van der Waals surface area contributed by atoms with Crippen LogP contribution in [0.15, 0.2) is 42.8 Å². The van der Waals surface area contributed by atoms with Gasteiger partial charge in [-0.25, -0.2) is 0 Å². The lowest BCUT2D eigenvalue weighted by molar-refractivity contribution is -0.132. The van der Waals surface area contributed by atoms with Crippen LogP contribution < -0.4 is 5.32 Å². The molecule has 2 aliphatic rings. The highest BCUT2D eigenvalue weighted by atomic mass is 16.2. The average Bonchev–Trinajstić information content (AvgIpc) is 3.45. The first-order valence-electron chi connectivity index (χ1n) is 13.7. The first-order valence-corrected chi connectivity index (χ1v) is 13.7. The molecule has 8 nitrogen and oxygen atoms in total. The van der Waals surface area contributed by atoms with Crippen LogP contribution >= 0.6 is 0 Å². The van der Waals surface area contributed by atoms with E-state index in [4.69, 9.17) is 0 Å². The molecule has 0 saturated heterocycles. The molecule has 2 aliphatic heterocycles. The van der Waals surface area contributed by atoms with Crippen molar-refractivity contribution in [2.45, 2.75) is 92.2 Å². The molecular weight excluding hydrogens is 476 g/mol. The van der Waals surface area contributed by atoms with Crippen molar-refractivity contribution in [3.63, 3.8) is 0 Å². The number of hydrogen-bond acceptors (Lipinski definition) is 5. The van der Waals surface area contributed by atoms with E-state index in [1.165, 1.54) is 6.42 Å². The predicted molar refractivity (Wildman–Crippen MR) is 151 cm³/mol. The van der Waals surface area contributed by atoms with Crippen LogP contribution in [0.1, 0.15) is 100 Å². The predicted octanol–water partition coefficient (Wildman–Crippen LogP) is 5.36. The molecule has 0 fully saturated rings. The number of nitrogens with one attached hydrogen (secondary N) is 1. The molecule has 4 heterocycles. The first kappa shape index (κ1) is 29.0. The fraction of sp³-hybridized carbons (Fsp3) is 0.500. The van der Waals surface area contributed by atoms with Crippen molar-refractivity contribution >= 4 is 17.4 Å². The summed E-state index contributed by atoms with van der Waals surface area (Å²) in [6.07, 6.45) is 12.7. The number of rotatable bonds is 7. The maximum absolute atomic E-state index is 12.8. The third kappa shape index (κ3) is 6.85. The van der Waals surface area contributed by atoms with Gasteiger partial charge in [0.1, 0.15) is 11.5 Å². The van der Waals surface area contributed by atoms with Crippen LogP contribution in [0.3, 0.4) is 0 Å². The van der Waals surface area contributed by atoms with E-state index in [1.807, 2.05) is 30.9 Å². The maximum atomic E-state index is 12.8. The molecule has 2 aromatic heterocycles. The standard InChI is InChI=1S/C27H34N6O2.C3H8/c1-6-8-24(34)32-14-12-20-16-28-22(15-21(20)17-32)26(35)29-19(3)10-7-9-18(2)25-31-30-23-11-13-27(4,5)33(23)25;1-3-2/h7,9-10,15-16H,3,6,8,11-14,17H2,1-2,4-5H3,(H,29,35);3H2,1-2H3/b10-7-,18-9+;. The summed E-state index contributed by atoms with van der Waals surface area (Å²) in [5.74, 6) is 1.72. The van der Waals surface area contributed by atoms with Crippen molar-refractivity contribution in [2.24, 2.45) is 0 Å². The lowest BCUT2D eigenvalue weighted by Crippen LogP contribution is -2.36. The molecule has 8 heteroatoms. The van der Waals surface area contributed by atoms with Gasteiger partial charge in [0, 0.05) is 43.4 Å². The molecule has 0 spiro atoms. The minimum absolute atomic E-state index is 0.00670. The van der Waals surface area contributed by atoms with E-state index in [0.29, 0.717) is 30.9 Å². The molecule has 0 unspecified atom stereocenters. The molecular formula is C30H42N6O2. The topological polar surface area (TPSA) is 93.0 Å². The largest absolute Gasteiger partial charge is 0.338 e. The van der Waals surface area contributed by atoms with E-state index in [1.54, 1.807) is 18.3 Å². The van der Waals surface area contributed by atoms with Crippen LogP contribution in [0, 0.1) is 0 Å². The Balaban J connectivity index is 0.00000127. The number of pyridine rings is 1. The van der Waals surface area contributed by atoms with Gasteiger partial charge in [-0.15, -0.1) is 10.2 Å². The highest BCUT2D eigenvalue weighted by Crippen LogP contribution is 2.33. The summed E-state index contributed by atoms with van der Waals surface area (Å²) in [5, 5.41) is 11.5. The third-order valence-electron chi connectivity index (χ3n) is 6.71. The lowest BCUT2D eigenvalue weighted by Gasteiger charge is -2.29. The van der Waals surface area contributed by atoms with E-state index in [9.17, 15) is 9.59 Å². The van der Waals surface area contributed by atoms with E-state index in [-0.39, 0.29) is 17.4 Å². The number of amides is 2. The first-order chi connectivity index (χ1) is 18.1. The summed E-state index contributed by atoms with van der Waals surface area (Å²) in [4.78, 5) is 31.2. The van der Waals surface area contributed by atoms with Gasteiger partial charge in [-0.3, -0.25) is 14.6 Å². The molecule has 0 atom stereocenters. The summed E-state index contributed by atoms with van der Waals surface area (Å²) in [6, 6.07) is 1.78. The average molecular weight is 519 g/mol. The number of carbonyl (C=O) groups is 2. The maximum Gasteiger partial charge on any atom is 0.274 e. The Hall–Kier alpha value is -3.55. The Kier molecular flexibility index (Phi) is 9.78. The highest BCUT2D eigenvalue weighted by molar-refractivity contribution is 5.94. The van der Waals surface area contributed by atoms with Crippen molar-refractivity contribution in [1.82, 2.24) is 30.0 Å². The minimum Gasteiger partial charge on any atom is -0.338 e. The number of allylic oxidation sites excluding steroid dienone is 4. The molecule has 4 rings (SSSR count). The minimum atomic E-state index is -0.322. The zero-order chi connectivity index (χ0) is 27.9. The zero-order valence-electron chi connectivity index (χ0n) is 23.8. The molecule has 204 valence electrons. The molecule has 2 aromatic rings. The number of nitrogens with zero attached hydrogens (tertiary/aromatic N) is 5. The van der Waals surface area contributed by atoms with Crippen LogP contribution in [0.5, 0.6) is 0 Å². The Bertz CT molecular complexity index is 1240. The Morgan fingerprint density at radius 1 is 1.16 bits per heavy atom. The van der Waals surface area contributed by atoms with Crippen LogP contribution in [0.4, 0.5) is 0 Å². The quantitative estimate of drug-likeness (QED) is 0.498. The second-order valence-corrected chi connectivity index (χ2v) is 10.6. The summed E-state index contributed by atoms with van der Waals surface area (Å²) in [7, 11) is 0. The number of aryl methyl sites for hydroxylation is 1. The van der Waals surface area contributed by atoms with Crippen molar-refractivity contribution in [3.8, 4) is 0 Å². The summed E-state index contributed by atoms with van der Waals surface area (Å²) < 4.78 is 2.21. The van der Waals surface area contributed by atoms with E-state index >= 15 is 0 Å². The van der Waals surface area contributed by atoms with E-state index in [2.05, 4.69) is 59.3 Å². The van der Waals surface area contributed by atoms with E-state index < -0.39 is 0 Å². The van der Waals surface area contributed by atoms with Gasteiger partial charge in [-0.05, 0) is 68.9 Å². The smallest absolute Gasteiger partial charge is 0.274 e. The van der Waals surface area contributed by atoms with Gasteiger partial charge < -0.3 is 14.8 Å². The molecule has 0 aromatic carbocycles. The molecule has 2 amide bonds. The van der Waals surface area contributed by atoms with Crippen LogP contribution in [0.25, 0.3) is 5.57 Å². The molecule has 1 N–H and O–H groups in total. The van der Waals surface area contributed by atoms with Gasteiger partial charge in [-0.1, -0.05) is 45.9 Å². The van der Waals surface area contributed by atoms with Crippen molar-refractivity contribution in [3.05, 3.63) is 71.2 Å². The van der Waals surface area contributed by atoms with Crippen LogP contribution in [-0.2, 0) is 29.7 Å². The number of hydrogen-bond donors (Lipinski definition) is 1. The van der Waals surface area contributed by atoms with Crippen molar-refractivity contribution in [2.75, 3.05) is 6.54 Å². The Morgan fingerprint density at radius 3 is 2.61 bits per heavy atom. The van der Waals surface area contributed by atoms with Gasteiger partial charge >= 0.3 is 0 Å². The third-order valence-corrected chi connectivity index (χ3v) is 6.71. The SMILES string of the molecule is C=C(/C=C\C=C(/C)c1nnc2n1C(C)(C)CC2)NC(=O)c1cc2c(cn1)CCN(C(=O)CCC)C2.CCC. The lowest BCUT2D eigenvalue weighted by atomic mass is 10.0. The molecule has 38 heavy (non-hydrogen) atoms. The summed E-state index contributed by atoms with van der Waals surface area (Å²) in [5.41, 5.74) is 3.84. The second-order valence-electron chi connectivity index (χ2n) is 10.6. The molecule has 0 bridgehead atoms. The van der Waals surface area contributed by atoms with Gasteiger partial charge in [-0.2, -0.15) is 0 Å². The number of carbonyl (C=O) groups excluding carboxylic acids is 2. The van der Waals surface area contributed by atoms with Crippen molar-refractivity contribution in [1.29, 1.82) is 0 Å². The zero-order valence-corrected chi connectivity index (χ0v) is 23.8. The number of fused-ring (bicyclic) bond motifs is 2. The van der Waals surface area contributed by atoms with E-state index in [0.717, 1.165) is 54.0 Å². The van der Waals surface area contributed by atoms with Crippen LogP contribution in [-0.4, -0.2) is 43.0 Å². The van der Waals surface area contributed by atoms with Gasteiger partial charge in [0.2, 0.25) is 5.91 Å². The normalized spacial score (nSPS) is 15.9. The molecule has 0 saturated carbocycles. The Morgan fingerprint density at radius 2 is 1.89 bits per heavy atom. The molecule has 0 aliphatic carbocycles. The van der Waals surface area contributed by atoms with Gasteiger partial charge in [0.25, 0.3) is 5.91 Å². The van der Waals surface area contributed by atoms with Crippen LogP contribution in [0.2, 0.25) is 0 Å². The van der Waals surface area contributed by atoms with Crippen molar-refractivity contribution < 1.29 is 9.59 Å². The van der Waals surface area contributed by atoms with Gasteiger partial charge in [0.15, 0.2) is 5.82 Å². The fourth-order valence-electron chi connectivity index (χ4n) is 4.68. The second kappa shape index (κ2) is 12.8. The Labute approximate surface area is 226 Å². The van der Waals surface area contributed by atoms with Gasteiger partial charge in [0.05, 0.1) is 0 Å². The fourth-order valence-corrected chi connectivity index (χ4v) is 4.68. The highest BCUT2D eigenvalue weighted by Gasteiger charge is 2.33.